The molecule has 2 nitrogen and oxygen atoms in total. The Morgan fingerprint density at radius 2 is 2.00 bits per heavy atom. The van der Waals surface area contributed by atoms with E-state index in [1.807, 2.05) is 0 Å². The van der Waals surface area contributed by atoms with E-state index in [1.165, 1.54) is 6.07 Å². The van der Waals surface area contributed by atoms with Gasteiger partial charge in [0.05, 0.1) is 0 Å². The highest BCUT2D eigenvalue weighted by molar-refractivity contribution is 7.80. The summed E-state index contributed by atoms with van der Waals surface area (Å²) in [4.78, 5) is 1.72. The van der Waals surface area contributed by atoms with E-state index in [-0.39, 0.29) is 16.6 Å². The molecule has 0 aromatic heterocycles. The molecule has 0 aliphatic carbocycles. The largest absolute Gasteiger partial charge is 0.376 e. The van der Waals surface area contributed by atoms with Crippen LogP contribution in [0.15, 0.2) is 12.1 Å². The fourth-order valence-corrected chi connectivity index (χ4v) is 2.24. The third kappa shape index (κ3) is 2.22. The average molecular weight is 260 g/mol. The van der Waals surface area contributed by atoms with Gasteiger partial charge in [0.2, 0.25) is 0 Å². The maximum Gasteiger partial charge on any atom is 0.194 e. The van der Waals surface area contributed by atoms with Crippen LogP contribution in [0.3, 0.4) is 0 Å². The molecule has 1 aromatic rings. The first-order valence-corrected chi connectivity index (χ1v) is 5.59. The van der Waals surface area contributed by atoms with E-state index in [1.54, 1.807) is 4.90 Å². The van der Waals surface area contributed by atoms with Crippen molar-refractivity contribution in [3.8, 4) is 0 Å². The molecule has 1 aromatic carbocycles. The van der Waals surface area contributed by atoms with Gasteiger partial charge >= 0.3 is 0 Å². The zero-order valence-electron chi connectivity index (χ0n) is 8.92. The van der Waals surface area contributed by atoms with Crippen molar-refractivity contribution in [2.24, 2.45) is 5.73 Å². The Morgan fingerprint density at radius 3 is 2.59 bits per heavy atom. The molecule has 1 unspecified atom stereocenters. The number of rotatable bonds is 1. The maximum absolute atomic E-state index is 13.5. The van der Waals surface area contributed by atoms with Gasteiger partial charge in [-0.05, 0) is 30.3 Å². The highest BCUT2D eigenvalue weighted by Gasteiger charge is 2.28. The molecule has 0 radical (unpaired) electrons. The lowest BCUT2D eigenvalue weighted by atomic mass is 9.97. The van der Waals surface area contributed by atoms with Gasteiger partial charge in [0.15, 0.2) is 22.6 Å². The molecule has 1 heterocycles. The quantitative estimate of drug-likeness (QED) is 0.619. The molecule has 2 N–H and O–H groups in total. The first kappa shape index (κ1) is 12.2. The number of hydrogen-bond acceptors (Lipinski definition) is 1. The van der Waals surface area contributed by atoms with Crippen molar-refractivity contribution in [1.29, 1.82) is 0 Å². The lowest BCUT2D eigenvalue weighted by molar-refractivity contribution is 0.434. The Bertz CT molecular complexity index is 464. The Morgan fingerprint density at radius 1 is 1.29 bits per heavy atom. The predicted octanol–water partition coefficient (Wildman–Crippen LogP) is 2.14. The second-order valence-electron chi connectivity index (χ2n) is 4.03. The highest BCUT2D eigenvalue weighted by Crippen LogP contribution is 2.30. The second-order valence-corrected chi connectivity index (χ2v) is 4.45. The number of nitrogens with two attached hydrogens (primary N) is 1. The smallest absolute Gasteiger partial charge is 0.194 e. The van der Waals surface area contributed by atoms with Gasteiger partial charge in [-0.2, -0.15) is 0 Å². The summed E-state index contributed by atoms with van der Waals surface area (Å²) >= 11 is 4.81. The minimum Gasteiger partial charge on any atom is -0.376 e. The molecule has 0 bridgehead atoms. The Labute approximate surface area is 102 Å². The van der Waals surface area contributed by atoms with E-state index in [4.69, 9.17) is 18.0 Å². The lowest BCUT2D eigenvalue weighted by Gasteiger charge is -2.16. The van der Waals surface area contributed by atoms with Crippen LogP contribution in [-0.2, 0) is 0 Å². The van der Waals surface area contributed by atoms with Gasteiger partial charge in [-0.1, -0.05) is 6.07 Å². The maximum atomic E-state index is 13.5. The van der Waals surface area contributed by atoms with Crippen molar-refractivity contribution in [2.45, 2.75) is 12.3 Å². The van der Waals surface area contributed by atoms with Crippen LogP contribution >= 0.6 is 12.2 Å². The lowest BCUT2D eigenvalue weighted by Crippen LogP contribution is -2.33. The molecule has 92 valence electrons. The summed E-state index contributed by atoms with van der Waals surface area (Å²) < 4.78 is 39.4. The number of hydrogen-bond donors (Lipinski definition) is 1. The molecular weight excluding hydrogens is 249 g/mol. The summed E-state index contributed by atoms with van der Waals surface area (Å²) in [6, 6.07) is 2.22. The Balaban J connectivity index is 2.25. The molecule has 1 aliphatic heterocycles. The summed E-state index contributed by atoms with van der Waals surface area (Å²) in [5.74, 6) is -3.90. The number of halogens is 3. The van der Waals surface area contributed by atoms with Crippen molar-refractivity contribution in [1.82, 2.24) is 4.90 Å². The summed E-state index contributed by atoms with van der Waals surface area (Å²) in [6.07, 6.45) is 0.624. The number of nitrogens with zero attached hydrogens (tertiary/aromatic N) is 1. The molecule has 0 spiro atoms. The molecule has 0 amide bonds. The molecule has 0 saturated carbocycles. The van der Waals surface area contributed by atoms with Gasteiger partial charge in [0.25, 0.3) is 0 Å². The second kappa shape index (κ2) is 4.52. The predicted molar refractivity (Wildman–Crippen MR) is 62.0 cm³/mol. The molecule has 1 fully saturated rings. The zero-order valence-corrected chi connectivity index (χ0v) is 9.74. The number of likely N-dealkylation sites (tertiary alicyclic amines) is 1. The van der Waals surface area contributed by atoms with Crippen molar-refractivity contribution in [3.63, 3.8) is 0 Å². The third-order valence-electron chi connectivity index (χ3n) is 3.00. The molecule has 2 rings (SSSR count). The SMILES string of the molecule is NC(=S)N1CCC(c2ccc(F)c(F)c2F)C1. The van der Waals surface area contributed by atoms with Crippen molar-refractivity contribution in [2.75, 3.05) is 13.1 Å². The van der Waals surface area contributed by atoms with Crippen LogP contribution in [0.1, 0.15) is 17.9 Å². The van der Waals surface area contributed by atoms with E-state index in [0.29, 0.717) is 19.5 Å². The summed E-state index contributed by atoms with van der Waals surface area (Å²) in [6.45, 7) is 1.05. The standard InChI is InChI=1S/C11H11F3N2S/c12-8-2-1-7(9(13)10(8)14)6-3-4-16(5-6)11(15)17/h1-2,6H,3-5H2,(H2,15,17). The van der Waals surface area contributed by atoms with Gasteiger partial charge in [-0.3, -0.25) is 0 Å². The van der Waals surface area contributed by atoms with Crippen molar-refractivity contribution in [3.05, 3.63) is 35.1 Å². The first-order chi connectivity index (χ1) is 8.00. The molecule has 1 aliphatic rings. The Hall–Kier alpha value is -1.30. The van der Waals surface area contributed by atoms with Crippen molar-refractivity contribution >= 4 is 17.3 Å². The van der Waals surface area contributed by atoms with Crippen LogP contribution < -0.4 is 5.73 Å². The molecule has 6 heteroatoms. The fraction of sp³-hybridized carbons (Fsp3) is 0.364. The summed E-state index contributed by atoms with van der Waals surface area (Å²) in [5, 5.41) is 0.246. The van der Waals surface area contributed by atoms with E-state index in [9.17, 15) is 13.2 Å². The highest BCUT2D eigenvalue weighted by atomic mass is 32.1. The van der Waals surface area contributed by atoms with Gasteiger partial charge in [-0.15, -0.1) is 0 Å². The van der Waals surface area contributed by atoms with E-state index >= 15 is 0 Å². The number of benzene rings is 1. The van der Waals surface area contributed by atoms with Gasteiger partial charge < -0.3 is 10.6 Å². The van der Waals surface area contributed by atoms with Crippen LogP contribution in [0.25, 0.3) is 0 Å². The topological polar surface area (TPSA) is 29.3 Å². The van der Waals surface area contributed by atoms with E-state index in [2.05, 4.69) is 0 Å². The van der Waals surface area contributed by atoms with E-state index in [0.717, 1.165) is 6.07 Å². The zero-order chi connectivity index (χ0) is 12.6. The van der Waals surface area contributed by atoms with Crippen LogP contribution in [0, 0.1) is 17.5 Å². The summed E-state index contributed by atoms with van der Waals surface area (Å²) in [7, 11) is 0. The average Bonchev–Trinajstić information content (AvgIpc) is 2.75. The monoisotopic (exact) mass is 260 g/mol. The van der Waals surface area contributed by atoms with Gasteiger partial charge in [0.1, 0.15) is 0 Å². The minimum absolute atomic E-state index is 0.183. The third-order valence-corrected chi connectivity index (χ3v) is 3.26. The van der Waals surface area contributed by atoms with Crippen LogP contribution in [-0.4, -0.2) is 23.1 Å². The fourth-order valence-electron chi connectivity index (χ4n) is 2.07. The molecule has 1 atom stereocenters. The van der Waals surface area contributed by atoms with Crippen LogP contribution in [0.5, 0.6) is 0 Å². The Kier molecular flexibility index (Phi) is 3.24. The van der Waals surface area contributed by atoms with E-state index < -0.39 is 17.5 Å². The molecular formula is C11H11F3N2S. The van der Waals surface area contributed by atoms with Crippen molar-refractivity contribution < 1.29 is 13.2 Å². The number of thiocarbonyl (C=S) groups is 1. The van der Waals surface area contributed by atoms with Gasteiger partial charge in [-0.25, -0.2) is 13.2 Å². The molecule has 1 saturated heterocycles. The normalized spacial score (nSPS) is 19.7. The van der Waals surface area contributed by atoms with Crippen LogP contribution in [0.2, 0.25) is 0 Å². The molecule has 17 heavy (non-hydrogen) atoms. The first-order valence-electron chi connectivity index (χ1n) is 5.18. The van der Waals surface area contributed by atoms with Gasteiger partial charge in [0, 0.05) is 19.0 Å². The minimum atomic E-state index is -1.42. The van der Waals surface area contributed by atoms with Crippen LogP contribution in [0.4, 0.5) is 13.2 Å². The summed E-state index contributed by atoms with van der Waals surface area (Å²) in [5.41, 5.74) is 5.64.